The maximum Gasteiger partial charge on any atom is 0.282 e. The predicted octanol–water partition coefficient (Wildman–Crippen LogP) is 7.22. The maximum absolute atomic E-state index is 13.4. The SMILES string of the molecule is CC(C)(C)c1nc2ccc(Br)cc2c(=O)n1N=Cc1cc(Cl)ccc1OCc1ccccc1Cl. The molecule has 0 aliphatic heterocycles. The molecule has 34 heavy (non-hydrogen) atoms. The van der Waals surface area contributed by atoms with Crippen LogP contribution in [0.3, 0.4) is 0 Å². The van der Waals surface area contributed by atoms with Gasteiger partial charge in [0.05, 0.1) is 17.1 Å². The van der Waals surface area contributed by atoms with E-state index >= 15 is 0 Å². The van der Waals surface area contributed by atoms with E-state index in [0.29, 0.717) is 38.1 Å². The van der Waals surface area contributed by atoms with Crippen LogP contribution in [0.5, 0.6) is 5.75 Å². The number of hydrogen-bond acceptors (Lipinski definition) is 4. The Hall–Kier alpha value is -2.67. The van der Waals surface area contributed by atoms with Gasteiger partial charge in [-0.15, -0.1) is 0 Å². The molecule has 174 valence electrons. The molecule has 0 aliphatic rings. The van der Waals surface area contributed by atoms with Crippen molar-refractivity contribution in [1.29, 1.82) is 0 Å². The Balaban J connectivity index is 1.77. The predicted molar refractivity (Wildman–Crippen MR) is 143 cm³/mol. The molecule has 0 aliphatic carbocycles. The third-order valence-corrected chi connectivity index (χ3v) is 6.20. The van der Waals surface area contributed by atoms with Crippen LogP contribution >= 0.6 is 39.1 Å². The summed E-state index contributed by atoms with van der Waals surface area (Å²) in [7, 11) is 0. The van der Waals surface area contributed by atoms with Gasteiger partial charge >= 0.3 is 0 Å². The summed E-state index contributed by atoms with van der Waals surface area (Å²) >= 11 is 15.9. The van der Waals surface area contributed by atoms with E-state index in [1.807, 2.05) is 57.2 Å². The molecule has 0 atom stereocenters. The second kappa shape index (κ2) is 9.90. The number of halogens is 3. The molecule has 0 unspecified atom stereocenters. The Morgan fingerprint density at radius 1 is 1.09 bits per heavy atom. The lowest BCUT2D eigenvalue weighted by molar-refractivity contribution is 0.306. The number of ether oxygens (including phenoxy) is 1. The molecular weight excluding hydrogens is 537 g/mol. The van der Waals surface area contributed by atoms with Crippen LogP contribution in [0.15, 0.2) is 75.0 Å². The van der Waals surface area contributed by atoms with Crippen LogP contribution in [0.2, 0.25) is 10.0 Å². The second-order valence-electron chi connectivity index (χ2n) is 8.77. The number of aromatic nitrogens is 2. The number of rotatable bonds is 5. The summed E-state index contributed by atoms with van der Waals surface area (Å²) in [6, 6.07) is 18.2. The molecule has 8 heteroatoms. The lowest BCUT2D eigenvalue weighted by Crippen LogP contribution is -2.29. The molecule has 4 rings (SSSR count). The van der Waals surface area contributed by atoms with E-state index in [1.54, 1.807) is 30.5 Å². The van der Waals surface area contributed by atoms with Gasteiger partial charge in [0.1, 0.15) is 18.2 Å². The molecule has 0 bridgehead atoms. The smallest absolute Gasteiger partial charge is 0.282 e. The minimum atomic E-state index is -0.421. The second-order valence-corrected chi connectivity index (χ2v) is 10.5. The van der Waals surface area contributed by atoms with Crippen LogP contribution in [0.25, 0.3) is 10.9 Å². The molecule has 0 amide bonds. The zero-order valence-corrected chi connectivity index (χ0v) is 21.9. The molecular formula is C26H22BrCl2N3O2. The zero-order valence-electron chi connectivity index (χ0n) is 18.8. The molecule has 5 nitrogen and oxygen atoms in total. The lowest BCUT2D eigenvalue weighted by Gasteiger charge is -2.21. The van der Waals surface area contributed by atoms with Crippen LogP contribution < -0.4 is 10.3 Å². The average molecular weight is 559 g/mol. The van der Waals surface area contributed by atoms with Crippen LogP contribution in [0, 0.1) is 0 Å². The summed E-state index contributed by atoms with van der Waals surface area (Å²) in [5.74, 6) is 1.11. The van der Waals surface area contributed by atoms with Gasteiger partial charge in [-0.05, 0) is 42.5 Å². The van der Waals surface area contributed by atoms with Crippen molar-refractivity contribution in [3.05, 3.63) is 102 Å². The van der Waals surface area contributed by atoms with E-state index in [0.717, 1.165) is 10.0 Å². The van der Waals surface area contributed by atoms with Gasteiger partial charge in [0.25, 0.3) is 5.56 Å². The Morgan fingerprint density at radius 2 is 1.85 bits per heavy atom. The topological polar surface area (TPSA) is 56.5 Å². The van der Waals surface area contributed by atoms with Crippen molar-refractivity contribution in [3.8, 4) is 5.75 Å². The van der Waals surface area contributed by atoms with Gasteiger partial charge in [-0.2, -0.15) is 9.78 Å². The summed E-state index contributed by atoms with van der Waals surface area (Å²) in [6.45, 7) is 6.25. The first-order valence-electron chi connectivity index (χ1n) is 10.6. The molecule has 3 aromatic carbocycles. The van der Waals surface area contributed by atoms with Crippen molar-refractivity contribution in [2.24, 2.45) is 5.10 Å². The summed E-state index contributed by atoms with van der Waals surface area (Å²) in [5, 5.41) is 6.16. The molecule has 0 saturated carbocycles. The van der Waals surface area contributed by atoms with Gasteiger partial charge in [0.15, 0.2) is 0 Å². The summed E-state index contributed by atoms with van der Waals surface area (Å²) < 4.78 is 8.15. The van der Waals surface area contributed by atoms with E-state index < -0.39 is 5.41 Å². The van der Waals surface area contributed by atoms with E-state index in [2.05, 4.69) is 21.0 Å². The Bertz CT molecular complexity index is 1460. The van der Waals surface area contributed by atoms with Crippen molar-refractivity contribution in [1.82, 2.24) is 9.66 Å². The molecule has 0 N–H and O–H groups in total. The van der Waals surface area contributed by atoms with Gasteiger partial charge < -0.3 is 4.74 Å². The monoisotopic (exact) mass is 557 g/mol. The highest BCUT2D eigenvalue weighted by atomic mass is 79.9. The van der Waals surface area contributed by atoms with E-state index in [1.165, 1.54) is 4.68 Å². The maximum atomic E-state index is 13.4. The minimum Gasteiger partial charge on any atom is -0.488 e. The number of benzene rings is 3. The molecule has 1 heterocycles. The van der Waals surface area contributed by atoms with Gasteiger partial charge in [-0.25, -0.2) is 4.98 Å². The third-order valence-electron chi connectivity index (χ3n) is 5.10. The lowest BCUT2D eigenvalue weighted by atomic mass is 9.95. The Kier molecular flexibility index (Phi) is 7.12. The van der Waals surface area contributed by atoms with Gasteiger partial charge in [-0.3, -0.25) is 4.79 Å². The van der Waals surface area contributed by atoms with E-state index in [9.17, 15) is 4.79 Å². The first-order chi connectivity index (χ1) is 16.1. The van der Waals surface area contributed by atoms with Crippen molar-refractivity contribution >= 4 is 56.2 Å². The van der Waals surface area contributed by atoms with Crippen molar-refractivity contribution in [2.45, 2.75) is 32.8 Å². The van der Waals surface area contributed by atoms with Gasteiger partial charge in [-0.1, -0.05) is 78.1 Å². The van der Waals surface area contributed by atoms with Crippen LogP contribution in [-0.2, 0) is 12.0 Å². The van der Waals surface area contributed by atoms with Crippen molar-refractivity contribution < 1.29 is 4.74 Å². The molecule has 0 spiro atoms. The fourth-order valence-corrected chi connectivity index (χ4v) is 4.12. The Labute approximate surface area is 216 Å². The summed E-state index contributed by atoms with van der Waals surface area (Å²) in [6.07, 6.45) is 1.57. The molecule has 0 radical (unpaired) electrons. The number of nitrogens with zero attached hydrogens (tertiary/aromatic N) is 3. The first kappa shape index (κ1) is 24.5. The van der Waals surface area contributed by atoms with Gasteiger partial charge in [0, 0.05) is 31.1 Å². The standard InChI is InChI=1S/C26H22BrCl2N3O2/c1-26(2,3)25-31-22-10-8-18(27)13-20(22)24(33)32(25)30-14-17-12-19(28)9-11-23(17)34-15-16-6-4-5-7-21(16)29/h4-14H,15H2,1-3H3. The van der Waals surface area contributed by atoms with Crippen LogP contribution in [0.1, 0.15) is 37.7 Å². The summed E-state index contributed by atoms with van der Waals surface area (Å²) in [4.78, 5) is 18.1. The van der Waals surface area contributed by atoms with Crippen molar-refractivity contribution in [3.63, 3.8) is 0 Å². The van der Waals surface area contributed by atoms with E-state index in [4.69, 9.17) is 32.9 Å². The highest BCUT2D eigenvalue weighted by molar-refractivity contribution is 9.10. The van der Waals surface area contributed by atoms with Crippen LogP contribution in [0.4, 0.5) is 0 Å². The zero-order chi connectivity index (χ0) is 24.5. The highest BCUT2D eigenvalue weighted by Crippen LogP contribution is 2.26. The number of fused-ring (bicyclic) bond motifs is 1. The average Bonchev–Trinajstić information content (AvgIpc) is 2.78. The molecule has 1 aromatic heterocycles. The Morgan fingerprint density at radius 3 is 2.59 bits per heavy atom. The fraction of sp³-hybridized carbons (Fsp3) is 0.192. The fourth-order valence-electron chi connectivity index (χ4n) is 3.38. The molecule has 0 saturated heterocycles. The highest BCUT2D eigenvalue weighted by Gasteiger charge is 2.23. The van der Waals surface area contributed by atoms with Crippen molar-refractivity contribution in [2.75, 3.05) is 0 Å². The summed E-state index contributed by atoms with van der Waals surface area (Å²) in [5.41, 5.74) is 1.43. The first-order valence-corrected chi connectivity index (χ1v) is 12.1. The molecule has 4 aromatic rings. The minimum absolute atomic E-state index is 0.256. The van der Waals surface area contributed by atoms with E-state index in [-0.39, 0.29) is 12.2 Å². The quantitative estimate of drug-likeness (QED) is 0.243. The van der Waals surface area contributed by atoms with Crippen LogP contribution in [-0.4, -0.2) is 15.9 Å². The third kappa shape index (κ3) is 5.35. The normalized spacial score (nSPS) is 11.9. The largest absolute Gasteiger partial charge is 0.488 e. The molecule has 0 fully saturated rings. The van der Waals surface area contributed by atoms with Gasteiger partial charge in [0.2, 0.25) is 0 Å². The number of hydrogen-bond donors (Lipinski definition) is 0.